The molecule has 2 rings (SSSR count). The van der Waals surface area contributed by atoms with Gasteiger partial charge in [0.05, 0.1) is 26.1 Å². The minimum atomic E-state index is -0.159. The number of carbonyl (C=O) groups is 2. The Kier molecular flexibility index (Phi) is 9.95. The molecule has 0 atom stereocenters. The first-order valence-corrected chi connectivity index (χ1v) is 8.93. The molecule has 0 unspecified atom stereocenters. The van der Waals surface area contributed by atoms with E-state index >= 15 is 0 Å². The van der Waals surface area contributed by atoms with E-state index in [0.717, 1.165) is 51.4 Å². The third-order valence-electron chi connectivity index (χ3n) is 5.28. The van der Waals surface area contributed by atoms with Gasteiger partial charge in [0.25, 0.3) is 0 Å². The van der Waals surface area contributed by atoms with E-state index in [0.29, 0.717) is 25.0 Å². The molecule has 24 heavy (non-hydrogen) atoms. The predicted octanol–water partition coefficient (Wildman–Crippen LogP) is 2.16. The molecule has 0 aromatic rings. The van der Waals surface area contributed by atoms with Crippen molar-refractivity contribution in [3.8, 4) is 0 Å². The van der Waals surface area contributed by atoms with Crippen molar-refractivity contribution in [2.45, 2.75) is 51.4 Å². The molecule has 0 bridgehead atoms. The molecule has 6 heteroatoms. The molecule has 0 amide bonds. The first kappa shape index (κ1) is 20.9. The number of methoxy groups -OCH3 is 2. The Labute approximate surface area is 146 Å². The predicted molar refractivity (Wildman–Crippen MR) is 91.2 cm³/mol. The monoisotopic (exact) mass is 346 g/mol. The molecule has 2 aliphatic rings. The Morgan fingerprint density at radius 2 is 1.04 bits per heavy atom. The summed E-state index contributed by atoms with van der Waals surface area (Å²) >= 11 is 0. The van der Waals surface area contributed by atoms with Gasteiger partial charge in [-0.1, -0.05) is 0 Å². The van der Waals surface area contributed by atoms with E-state index in [4.69, 9.17) is 10.2 Å². The number of aliphatic hydroxyl groups is 2. The second kappa shape index (κ2) is 11.4. The normalized spacial score (nSPS) is 29.8. The number of hydrogen-bond acceptors (Lipinski definition) is 6. The molecule has 0 aromatic heterocycles. The zero-order valence-corrected chi connectivity index (χ0v) is 14.9. The highest BCUT2D eigenvalue weighted by Crippen LogP contribution is 2.30. The summed E-state index contributed by atoms with van der Waals surface area (Å²) in [5.41, 5.74) is 0. The van der Waals surface area contributed by atoms with Crippen LogP contribution in [0.2, 0.25) is 0 Å². The van der Waals surface area contributed by atoms with Crippen molar-refractivity contribution in [2.75, 3.05) is 27.4 Å². The summed E-state index contributed by atoms with van der Waals surface area (Å²) in [5, 5.41) is 17.6. The fourth-order valence-corrected chi connectivity index (χ4v) is 3.49. The maximum Gasteiger partial charge on any atom is 0.308 e. The quantitative estimate of drug-likeness (QED) is 0.758. The van der Waals surface area contributed by atoms with Crippen LogP contribution in [0, 0.1) is 23.7 Å². The third kappa shape index (κ3) is 6.77. The van der Waals surface area contributed by atoms with Crippen molar-refractivity contribution in [2.24, 2.45) is 23.7 Å². The van der Waals surface area contributed by atoms with Gasteiger partial charge in [0, 0.05) is 14.6 Å². The van der Waals surface area contributed by atoms with Gasteiger partial charge in [-0.05, 0) is 63.2 Å². The van der Waals surface area contributed by atoms with Gasteiger partial charge >= 0.3 is 11.9 Å². The van der Waals surface area contributed by atoms with Crippen LogP contribution < -0.4 is 0 Å². The zero-order valence-electron chi connectivity index (χ0n) is 14.9. The van der Waals surface area contributed by atoms with Crippen molar-refractivity contribution in [1.29, 1.82) is 0 Å². The van der Waals surface area contributed by atoms with Crippen molar-refractivity contribution >= 4 is 11.9 Å². The Balaban J connectivity index is 0.000000465. The van der Waals surface area contributed by atoms with Gasteiger partial charge < -0.3 is 19.7 Å². The zero-order chi connectivity index (χ0) is 17.9. The van der Waals surface area contributed by atoms with Crippen LogP contribution in [0.4, 0.5) is 0 Å². The molecule has 2 N–H and O–H groups in total. The smallest absolute Gasteiger partial charge is 0.308 e. The first-order valence-electron chi connectivity index (χ1n) is 8.93. The molecule has 0 aliphatic heterocycles. The second-order valence-electron chi connectivity index (χ2n) is 6.85. The molecule has 2 saturated carbocycles. The van der Waals surface area contributed by atoms with Crippen LogP contribution in [0.5, 0.6) is 0 Å². The topological polar surface area (TPSA) is 93.1 Å². The Morgan fingerprint density at radius 1 is 0.750 bits per heavy atom. The lowest BCUT2D eigenvalue weighted by atomic mass is 9.82. The van der Waals surface area contributed by atoms with Crippen LogP contribution >= 0.6 is 0 Å². The van der Waals surface area contributed by atoms with Gasteiger partial charge in [-0.2, -0.15) is 0 Å². The highest BCUT2D eigenvalue weighted by molar-refractivity contribution is 5.75. The van der Waals surface area contributed by atoms with Gasteiger partial charge in [-0.3, -0.25) is 9.59 Å². The van der Waals surface area contributed by atoms with Crippen LogP contribution in [-0.2, 0) is 19.1 Å². The van der Waals surface area contributed by atoms with Crippen molar-refractivity contribution in [3.05, 3.63) is 0 Å². The number of hydrogen-bond donors (Lipinski definition) is 2. The minimum Gasteiger partial charge on any atom is -0.469 e. The van der Waals surface area contributed by atoms with Crippen LogP contribution in [0.25, 0.3) is 0 Å². The van der Waals surface area contributed by atoms with Gasteiger partial charge in [0.2, 0.25) is 0 Å². The van der Waals surface area contributed by atoms with E-state index < -0.39 is 0 Å². The van der Waals surface area contributed by atoms with Crippen molar-refractivity contribution < 1.29 is 30.7 Å². The molecule has 0 heterocycles. The fraction of sp³-hybridized carbons (Fsp3) is 0.889. The maximum absolute atomic E-state index is 11.2. The lowest BCUT2D eigenvalue weighted by Gasteiger charge is -2.25. The molecule has 0 saturated heterocycles. The van der Waals surface area contributed by atoms with Crippen LogP contribution in [0.3, 0.4) is 0 Å². The molecule has 0 aromatic carbocycles. The molecule has 2 fully saturated rings. The highest BCUT2D eigenvalue weighted by Gasteiger charge is 2.30. The summed E-state index contributed by atoms with van der Waals surface area (Å²) in [4.78, 5) is 22.3. The maximum atomic E-state index is 11.2. The molecule has 0 radical (unpaired) electrons. The molecular formula is C18H34O6. The van der Waals surface area contributed by atoms with Gasteiger partial charge in [-0.25, -0.2) is 0 Å². The Morgan fingerprint density at radius 3 is 1.25 bits per heavy atom. The van der Waals surface area contributed by atoms with Gasteiger partial charge in [0.1, 0.15) is 0 Å². The first-order chi connectivity index (χ1) is 11.5. The molecule has 2 aliphatic carbocycles. The van der Waals surface area contributed by atoms with E-state index in [1.54, 1.807) is 0 Å². The van der Waals surface area contributed by atoms with Crippen LogP contribution in [0.15, 0.2) is 0 Å². The molecule has 6 nitrogen and oxygen atoms in total. The summed E-state index contributed by atoms with van der Waals surface area (Å²) in [7, 11) is 2.80. The Bertz CT molecular complexity index is 338. The largest absolute Gasteiger partial charge is 0.469 e. The summed E-state index contributed by atoms with van der Waals surface area (Å²) < 4.78 is 9.31. The number of rotatable bonds is 4. The average Bonchev–Trinajstić information content (AvgIpc) is 2.67. The lowest BCUT2D eigenvalue weighted by Crippen LogP contribution is -2.27. The van der Waals surface area contributed by atoms with Gasteiger partial charge in [-0.15, -0.1) is 0 Å². The molecule has 142 valence electrons. The van der Waals surface area contributed by atoms with E-state index in [2.05, 4.69) is 9.47 Å². The van der Waals surface area contributed by atoms with E-state index in [1.165, 1.54) is 14.2 Å². The third-order valence-corrected chi connectivity index (χ3v) is 5.28. The van der Waals surface area contributed by atoms with Gasteiger partial charge in [0.15, 0.2) is 0 Å². The number of ether oxygens (including phenoxy) is 2. The number of carbonyl (C=O) groups excluding carboxylic acids is 2. The SMILES string of the molecule is COC(=O)C1CCC(C(=O)OC)CC1.OCC1CCC(CO)CC1.[HH]. The van der Waals surface area contributed by atoms with E-state index in [-0.39, 0.29) is 25.2 Å². The average molecular weight is 346 g/mol. The van der Waals surface area contributed by atoms with Crippen molar-refractivity contribution in [1.82, 2.24) is 0 Å². The summed E-state index contributed by atoms with van der Waals surface area (Å²) in [5.74, 6) is 0.661. The van der Waals surface area contributed by atoms with E-state index in [1.807, 2.05) is 0 Å². The lowest BCUT2D eigenvalue weighted by molar-refractivity contribution is -0.151. The Hall–Kier alpha value is -1.14. The van der Waals surface area contributed by atoms with Crippen molar-refractivity contribution in [3.63, 3.8) is 0 Å². The standard InChI is InChI=1S/C10H16O4.C8H16O2.H2/c1-13-9(11)7-3-5-8(6-4-7)10(12)14-2;9-5-7-1-2-8(6-10)4-3-7;/h7-8H,3-6H2,1-2H3;7-10H,1-6H2;1H. The minimum absolute atomic E-state index is 0. The summed E-state index contributed by atoms with van der Waals surface area (Å²) in [6, 6.07) is 0. The van der Waals surface area contributed by atoms with Crippen LogP contribution in [-0.4, -0.2) is 49.6 Å². The number of esters is 2. The van der Waals surface area contributed by atoms with Crippen LogP contribution in [0.1, 0.15) is 52.8 Å². The summed E-state index contributed by atoms with van der Waals surface area (Å²) in [6.07, 6.45) is 7.31. The fourth-order valence-electron chi connectivity index (χ4n) is 3.49. The van der Waals surface area contributed by atoms with E-state index in [9.17, 15) is 9.59 Å². The summed E-state index contributed by atoms with van der Waals surface area (Å²) in [6.45, 7) is 0.663. The second-order valence-corrected chi connectivity index (χ2v) is 6.85. The molecule has 0 spiro atoms. The highest BCUT2D eigenvalue weighted by atomic mass is 16.5. The molecular weight excluding hydrogens is 312 g/mol. The number of aliphatic hydroxyl groups excluding tert-OH is 2.